The predicted molar refractivity (Wildman–Crippen MR) is 75.9 cm³/mol. The number of hydrogen-bond acceptors (Lipinski definition) is 2. The van der Waals surface area contributed by atoms with Crippen LogP contribution in [0.15, 0.2) is 24.3 Å². The molecule has 3 nitrogen and oxygen atoms in total. The van der Waals surface area contributed by atoms with Gasteiger partial charge in [-0.2, -0.15) is 0 Å². The Morgan fingerprint density at radius 3 is 2.74 bits per heavy atom. The van der Waals surface area contributed by atoms with E-state index in [1.165, 1.54) is 0 Å². The molecule has 1 fully saturated rings. The summed E-state index contributed by atoms with van der Waals surface area (Å²) in [6.45, 7) is 7.37. The van der Waals surface area contributed by atoms with Crippen molar-refractivity contribution in [1.82, 2.24) is 4.90 Å². The van der Waals surface area contributed by atoms with E-state index in [2.05, 4.69) is 0 Å². The number of benzene rings is 1. The second-order valence-corrected chi connectivity index (χ2v) is 6.21. The van der Waals surface area contributed by atoms with E-state index in [1.807, 2.05) is 49.9 Å². The fourth-order valence-corrected chi connectivity index (χ4v) is 2.64. The smallest absolute Gasteiger partial charge is 0.227 e. The van der Waals surface area contributed by atoms with Gasteiger partial charge in [-0.05, 0) is 24.5 Å². The van der Waals surface area contributed by atoms with E-state index < -0.39 is 0 Å². The molecule has 1 N–H and O–H groups in total. The maximum Gasteiger partial charge on any atom is 0.227 e. The van der Waals surface area contributed by atoms with Crippen molar-refractivity contribution in [2.45, 2.75) is 39.7 Å². The fourth-order valence-electron chi connectivity index (χ4n) is 2.64. The molecular formula is C16H23NO2. The van der Waals surface area contributed by atoms with Gasteiger partial charge in [0.15, 0.2) is 0 Å². The van der Waals surface area contributed by atoms with Crippen molar-refractivity contribution >= 4 is 5.91 Å². The minimum atomic E-state index is -0.310. The van der Waals surface area contributed by atoms with Crippen LogP contribution in [-0.2, 0) is 11.2 Å². The highest BCUT2D eigenvalue weighted by Crippen LogP contribution is 2.29. The minimum Gasteiger partial charge on any atom is -0.392 e. The van der Waals surface area contributed by atoms with Gasteiger partial charge in [0.2, 0.25) is 5.91 Å². The third-order valence-corrected chi connectivity index (χ3v) is 4.13. The summed E-state index contributed by atoms with van der Waals surface area (Å²) in [4.78, 5) is 14.2. The first-order valence-corrected chi connectivity index (χ1v) is 6.90. The van der Waals surface area contributed by atoms with Crippen molar-refractivity contribution < 1.29 is 9.90 Å². The number of carbonyl (C=O) groups excluding carboxylic acids is 1. The van der Waals surface area contributed by atoms with Gasteiger partial charge in [-0.25, -0.2) is 0 Å². The van der Waals surface area contributed by atoms with Crippen LogP contribution in [0.5, 0.6) is 0 Å². The number of aryl methyl sites for hydroxylation is 1. The number of piperidine rings is 1. The largest absolute Gasteiger partial charge is 0.392 e. The van der Waals surface area contributed by atoms with Crippen molar-refractivity contribution in [2.24, 2.45) is 5.41 Å². The summed E-state index contributed by atoms with van der Waals surface area (Å²) in [6, 6.07) is 8.01. The number of aliphatic hydroxyl groups excluding tert-OH is 1. The monoisotopic (exact) mass is 261 g/mol. The molecule has 1 amide bonds. The zero-order chi connectivity index (χ0) is 14.0. The first-order chi connectivity index (χ1) is 8.90. The summed E-state index contributed by atoms with van der Waals surface area (Å²) in [7, 11) is 0. The lowest BCUT2D eigenvalue weighted by molar-refractivity contribution is -0.137. The second-order valence-electron chi connectivity index (χ2n) is 6.21. The molecule has 19 heavy (non-hydrogen) atoms. The molecule has 1 aromatic carbocycles. The molecule has 0 radical (unpaired) electrons. The quantitative estimate of drug-likeness (QED) is 0.886. The van der Waals surface area contributed by atoms with Gasteiger partial charge in [0.25, 0.3) is 0 Å². The predicted octanol–water partition coefficient (Wildman–Crippen LogP) is 2.16. The van der Waals surface area contributed by atoms with E-state index in [4.69, 9.17) is 0 Å². The number of likely N-dealkylation sites (tertiary alicyclic amines) is 1. The van der Waals surface area contributed by atoms with Gasteiger partial charge < -0.3 is 10.0 Å². The van der Waals surface area contributed by atoms with Crippen LogP contribution in [0.1, 0.15) is 31.4 Å². The van der Waals surface area contributed by atoms with Crippen LogP contribution in [0.25, 0.3) is 0 Å². The molecule has 1 aliphatic heterocycles. The van der Waals surface area contributed by atoms with Crippen molar-refractivity contribution in [1.29, 1.82) is 0 Å². The van der Waals surface area contributed by atoms with Gasteiger partial charge in [-0.1, -0.05) is 38.1 Å². The van der Waals surface area contributed by atoms with Crippen LogP contribution in [0.3, 0.4) is 0 Å². The Labute approximate surface area is 115 Å². The van der Waals surface area contributed by atoms with Crippen LogP contribution < -0.4 is 0 Å². The minimum absolute atomic E-state index is 0.161. The maximum absolute atomic E-state index is 12.4. The molecule has 0 saturated carbocycles. The Kier molecular flexibility index (Phi) is 3.95. The highest BCUT2D eigenvalue weighted by molar-refractivity contribution is 5.79. The second kappa shape index (κ2) is 5.33. The van der Waals surface area contributed by atoms with Crippen LogP contribution in [0, 0.1) is 12.3 Å². The van der Waals surface area contributed by atoms with Gasteiger partial charge in [0, 0.05) is 18.5 Å². The van der Waals surface area contributed by atoms with Gasteiger partial charge in [0.05, 0.1) is 12.5 Å². The lowest BCUT2D eigenvalue weighted by atomic mass is 9.81. The molecule has 1 aromatic rings. The molecule has 0 aliphatic carbocycles. The molecule has 0 spiro atoms. The molecule has 104 valence electrons. The number of hydrogen-bond donors (Lipinski definition) is 1. The van der Waals surface area contributed by atoms with Gasteiger partial charge >= 0.3 is 0 Å². The standard InChI is InChI=1S/C16H23NO2/c1-12-6-4-5-7-13(12)10-15(19)17-9-8-14(18)16(2,3)11-17/h4-7,14,18H,8-11H2,1-3H3. The highest BCUT2D eigenvalue weighted by atomic mass is 16.3. The van der Waals surface area contributed by atoms with Gasteiger partial charge in [-0.3, -0.25) is 4.79 Å². The maximum atomic E-state index is 12.4. The van der Waals surface area contributed by atoms with E-state index in [0.29, 0.717) is 25.9 Å². The van der Waals surface area contributed by atoms with E-state index in [1.54, 1.807) is 0 Å². The summed E-state index contributed by atoms with van der Waals surface area (Å²) in [5.74, 6) is 0.161. The van der Waals surface area contributed by atoms with E-state index in [0.717, 1.165) is 11.1 Å². The summed E-state index contributed by atoms with van der Waals surface area (Å²) in [6.07, 6.45) is 0.820. The summed E-state index contributed by atoms with van der Waals surface area (Å²) >= 11 is 0. The first kappa shape index (κ1) is 14.1. The molecule has 1 aliphatic rings. The van der Waals surface area contributed by atoms with Crippen LogP contribution in [0.2, 0.25) is 0 Å². The van der Waals surface area contributed by atoms with Crippen molar-refractivity contribution in [2.75, 3.05) is 13.1 Å². The van der Waals surface area contributed by atoms with E-state index in [-0.39, 0.29) is 17.4 Å². The van der Waals surface area contributed by atoms with Crippen molar-refractivity contribution in [3.8, 4) is 0 Å². The third-order valence-electron chi connectivity index (χ3n) is 4.13. The Morgan fingerprint density at radius 1 is 1.42 bits per heavy atom. The number of nitrogens with zero attached hydrogens (tertiary/aromatic N) is 1. The molecular weight excluding hydrogens is 238 g/mol. The van der Waals surface area contributed by atoms with E-state index in [9.17, 15) is 9.90 Å². The summed E-state index contributed by atoms with van der Waals surface area (Å²) in [5.41, 5.74) is 2.04. The van der Waals surface area contributed by atoms with E-state index >= 15 is 0 Å². The van der Waals surface area contributed by atoms with Gasteiger partial charge in [-0.15, -0.1) is 0 Å². The number of rotatable bonds is 2. The number of carbonyl (C=O) groups is 1. The lowest BCUT2D eigenvalue weighted by Gasteiger charge is -2.41. The molecule has 1 atom stereocenters. The average molecular weight is 261 g/mol. The average Bonchev–Trinajstić information content (AvgIpc) is 2.35. The van der Waals surface area contributed by atoms with Crippen molar-refractivity contribution in [3.05, 3.63) is 35.4 Å². The molecule has 1 unspecified atom stereocenters. The zero-order valence-corrected chi connectivity index (χ0v) is 12.0. The molecule has 2 rings (SSSR count). The van der Waals surface area contributed by atoms with Crippen LogP contribution in [0.4, 0.5) is 0 Å². The Morgan fingerprint density at radius 2 is 2.11 bits per heavy atom. The van der Waals surface area contributed by atoms with Gasteiger partial charge in [0.1, 0.15) is 0 Å². The molecule has 1 saturated heterocycles. The van der Waals surface area contributed by atoms with Crippen molar-refractivity contribution in [3.63, 3.8) is 0 Å². The number of amides is 1. The topological polar surface area (TPSA) is 40.5 Å². The first-order valence-electron chi connectivity index (χ1n) is 6.90. The Balaban J connectivity index is 2.03. The Hall–Kier alpha value is -1.35. The zero-order valence-electron chi connectivity index (χ0n) is 12.0. The fraction of sp³-hybridized carbons (Fsp3) is 0.562. The normalized spacial score (nSPS) is 22.3. The summed E-state index contributed by atoms with van der Waals surface area (Å²) in [5, 5.41) is 9.93. The van der Waals surface area contributed by atoms with Crippen LogP contribution >= 0.6 is 0 Å². The lowest BCUT2D eigenvalue weighted by Crippen LogP contribution is -2.51. The SMILES string of the molecule is Cc1ccccc1CC(=O)N1CCC(O)C(C)(C)C1. The summed E-state index contributed by atoms with van der Waals surface area (Å²) < 4.78 is 0. The number of aliphatic hydroxyl groups is 1. The highest BCUT2D eigenvalue weighted by Gasteiger charge is 2.36. The third kappa shape index (κ3) is 3.16. The molecule has 1 heterocycles. The molecule has 0 aromatic heterocycles. The Bertz CT molecular complexity index is 468. The molecule has 3 heteroatoms. The molecule has 0 bridgehead atoms. The van der Waals surface area contributed by atoms with Crippen LogP contribution in [-0.4, -0.2) is 35.1 Å².